The summed E-state index contributed by atoms with van der Waals surface area (Å²) in [6.45, 7) is 2.38. The minimum atomic E-state index is -3.59. The zero-order valence-electron chi connectivity index (χ0n) is 12.0. The van der Waals surface area contributed by atoms with Crippen molar-refractivity contribution in [2.75, 3.05) is 20.2 Å². The number of hydrogen-bond acceptors (Lipinski definition) is 4. The van der Waals surface area contributed by atoms with Gasteiger partial charge in [0.1, 0.15) is 0 Å². The van der Waals surface area contributed by atoms with Crippen LogP contribution in [0.2, 0.25) is 0 Å². The fourth-order valence-corrected chi connectivity index (χ4v) is 4.80. The number of benzene rings is 1. The molecule has 0 aliphatic carbocycles. The van der Waals surface area contributed by atoms with Gasteiger partial charge in [0.25, 0.3) is 0 Å². The molecule has 0 amide bonds. The van der Waals surface area contributed by atoms with Crippen LogP contribution in [-0.2, 0) is 19.6 Å². The number of hydrogen-bond donors (Lipinski definition) is 0. The summed E-state index contributed by atoms with van der Waals surface area (Å²) in [6, 6.07) is 5.17. The fourth-order valence-electron chi connectivity index (χ4n) is 2.51. The lowest BCUT2D eigenvalue weighted by Crippen LogP contribution is -2.42. The first-order valence-electron chi connectivity index (χ1n) is 6.70. The highest BCUT2D eigenvalue weighted by Gasteiger charge is 2.34. The summed E-state index contributed by atoms with van der Waals surface area (Å²) in [4.78, 5) is 11.9. The Labute approximate surface area is 133 Å². The van der Waals surface area contributed by atoms with Gasteiger partial charge in [0.05, 0.1) is 17.9 Å². The van der Waals surface area contributed by atoms with Crippen LogP contribution in [0.4, 0.5) is 0 Å². The summed E-state index contributed by atoms with van der Waals surface area (Å²) in [5, 5.41) is 0. The van der Waals surface area contributed by atoms with Crippen molar-refractivity contribution in [3.8, 4) is 0 Å². The molecular formula is C14H18BrNO4S. The molecule has 0 aromatic heterocycles. The van der Waals surface area contributed by atoms with Gasteiger partial charge in [0, 0.05) is 17.6 Å². The Morgan fingerprint density at radius 3 is 2.81 bits per heavy atom. The molecule has 0 N–H and O–H groups in total. The predicted molar refractivity (Wildman–Crippen MR) is 82.4 cm³/mol. The topological polar surface area (TPSA) is 63.7 Å². The van der Waals surface area contributed by atoms with Crippen LogP contribution >= 0.6 is 15.9 Å². The fraction of sp³-hybridized carbons (Fsp3) is 0.500. The molecule has 116 valence electrons. The van der Waals surface area contributed by atoms with Crippen LogP contribution in [0.15, 0.2) is 27.6 Å². The molecule has 0 saturated carbocycles. The highest BCUT2D eigenvalue weighted by molar-refractivity contribution is 9.10. The molecular weight excluding hydrogens is 358 g/mol. The number of carbonyl (C=O) groups excluding carboxylic acids is 1. The summed E-state index contributed by atoms with van der Waals surface area (Å²) < 4.78 is 32.4. The molecule has 1 atom stereocenters. The molecule has 0 unspecified atom stereocenters. The van der Waals surface area contributed by atoms with Crippen molar-refractivity contribution < 1.29 is 17.9 Å². The molecule has 1 heterocycles. The number of nitrogens with zero attached hydrogens (tertiary/aromatic N) is 1. The quantitative estimate of drug-likeness (QED) is 0.760. The number of esters is 1. The molecule has 2 rings (SSSR count). The molecule has 1 aliphatic heterocycles. The van der Waals surface area contributed by atoms with Gasteiger partial charge in [-0.1, -0.05) is 22.0 Å². The van der Waals surface area contributed by atoms with Gasteiger partial charge in [-0.15, -0.1) is 0 Å². The van der Waals surface area contributed by atoms with Gasteiger partial charge in [-0.25, -0.2) is 8.42 Å². The second-order valence-corrected chi connectivity index (χ2v) is 7.96. The van der Waals surface area contributed by atoms with Crippen LogP contribution in [0.1, 0.15) is 18.4 Å². The number of piperidine rings is 1. The van der Waals surface area contributed by atoms with Gasteiger partial charge in [0.15, 0.2) is 0 Å². The van der Waals surface area contributed by atoms with Crippen molar-refractivity contribution in [1.29, 1.82) is 0 Å². The average molecular weight is 376 g/mol. The van der Waals surface area contributed by atoms with Gasteiger partial charge < -0.3 is 4.74 Å². The first kappa shape index (κ1) is 16.5. The van der Waals surface area contributed by atoms with Crippen molar-refractivity contribution >= 4 is 31.9 Å². The molecule has 1 aromatic carbocycles. The summed E-state index contributed by atoms with van der Waals surface area (Å²) in [6.07, 6.45) is 1.32. The lowest BCUT2D eigenvalue weighted by Gasteiger charge is -2.30. The maximum Gasteiger partial charge on any atom is 0.309 e. The minimum absolute atomic E-state index is 0.182. The van der Waals surface area contributed by atoms with E-state index in [1.165, 1.54) is 11.4 Å². The average Bonchev–Trinajstić information content (AvgIpc) is 2.49. The monoisotopic (exact) mass is 375 g/mol. The molecule has 0 radical (unpaired) electrons. The molecule has 1 saturated heterocycles. The van der Waals surface area contributed by atoms with Crippen molar-refractivity contribution in [1.82, 2.24) is 4.31 Å². The minimum Gasteiger partial charge on any atom is -0.469 e. The zero-order valence-corrected chi connectivity index (χ0v) is 14.4. The summed E-state index contributed by atoms with van der Waals surface area (Å²) >= 11 is 3.30. The van der Waals surface area contributed by atoms with E-state index in [4.69, 9.17) is 4.74 Å². The van der Waals surface area contributed by atoms with E-state index in [0.29, 0.717) is 29.4 Å². The van der Waals surface area contributed by atoms with Crippen molar-refractivity contribution in [3.63, 3.8) is 0 Å². The normalized spacial score (nSPS) is 20.2. The van der Waals surface area contributed by atoms with E-state index in [1.54, 1.807) is 19.1 Å². The molecule has 5 nitrogen and oxygen atoms in total. The maximum atomic E-state index is 12.8. The third kappa shape index (κ3) is 3.46. The van der Waals surface area contributed by atoms with Crippen LogP contribution in [0.5, 0.6) is 0 Å². The smallest absolute Gasteiger partial charge is 0.309 e. The van der Waals surface area contributed by atoms with E-state index >= 15 is 0 Å². The zero-order chi connectivity index (χ0) is 15.6. The Kier molecular flexibility index (Phi) is 5.06. The summed E-state index contributed by atoms with van der Waals surface area (Å²) in [5.74, 6) is -0.730. The highest BCUT2D eigenvalue weighted by atomic mass is 79.9. The number of rotatable bonds is 3. The Morgan fingerprint density at radius 1 is 1.43 bits per heavy atom. The molecule has 1 aromatic rings. The molecule has 0 bridgehead atoms. The van der Waals surface area contributed by atoms with Crippen molar-refractivity contribution in [2.45, 2.75) is 24.7 Å². The van der Waals surface area contributed by atoms with Crippen molar-refractivity contribution in [3.05, 3.63) is 28.2 Å². The number of carbonyl (C=O) groups is 1. The van der Waals surface area contributed by atoms with Gasteiger partial charge in [0.2, 0.25) is 10.0 Å². The third-order valence-electron chi connectivity index (χ3n) is 3.69. The Hall–Kier alpha value is -0.920. The number of aryl methyl sites for hydroxylation is 1. The Morgan fingerprint density at radius 2 is 2.14 bits per heavy atom. The van der Waals surface area contributed by atoms with E-state index in [0.717, 1.165) is 0 Å². The lowest BCUT2D eigenvalue weighted by molar-refractivity contribution is -0.146. The van der Waals surface area contributed by atoms with E-state index in [2.05, 4.69) is 15.9 Å². The number of sulfonamides is 1. The van der Waals surface area contributed by atoms with Crippen LogP contribution in [0, 0.1) is 12.8 Å². The van der Waals surface area contributed by atoms with Gasteiger partial charge >= 0.3 is 5.97 Å². The summed E-state index contributed by atoms with van der Waals surface area (Å²) in [7, 11) is -2.27. The van der Waals surface area contributed by atoms with E-state index in [-0.39, 0.29) is 23.3 Å². The summed E-state index contributed by atoms with van der Waals surface area (Å²) in [5.41, 5.74) is 0.693. The van der Waals surface area contributed by atoms with Crippen LogP contribution in [0.25, 0.3) is 0 Å². The van der Waals surface area contributed by atoms with Gasteiger partial charge in [-0.3, -0.25) is 4.79 Å². The first-order valence-corrected chi connectivity index (χ1v) is 8.93. The highest BCUT2D eigenvalue weighted by Crippen LogP contribution is 2.28. The van der Waals surface area contributed by atoms with Crippen LogP contribution in [-0.4, -0.2) is 38.9 Å². The molecule has 1 aliphatic rings. The van der Waals surface area contributed by atoms with Gasteiger partial charge in [-0.05, 0) is 37.5 Å². The number of halogens is 1. The van der Waals surface area contributed by atoms with E-state index in [1.807, 2.05) is 6.07 Å². The molecule has 21 heavy (non-hydrogen) atoms. The number of ether oxygens (including phenoxy) is 1. The van der Waals surface area contributed by atoms with Crippen LogP contribution < -0.4 is 0 Å². The second kappa shape index (κ2) is 6.46. The molecule has 1 fully saturated rings. The molecule has 0 spiro atoms. The first-order chi connectivity index (χ1) is 9.86. The van der Waals surface area contributed by atoms with E-state index in [9.17, 15) is 13.2 Å². The number of methoxy groups -OCH3 is 1. The third-order valence-corrected chi connectivity index (χ3v) is 6.19. The van der Waals surface area contributed by atoms with Crippen LogP contribution in [0.3, 0.4) is 0 Å². The molecule has 7 heteroatoms. The standard InChI is InChI=1S/C14H18BrNO4S/c1-10-5-6-12(15)8-13(10)21(18,19)16-7-3-4-11(9-16)14(17)20-2/h5-6,8,11H,3-4,7,9H2,1-2H3/t11-/m0/s1. The Balaban J connectivity index is 2.31. The van der Waals surface area contributed by atoms with Gasteiger partial charge in [-0.2, -0.15) is 4.31 Å². The SMILES string of the molecule is COC(=O)[C@H]1CCCN(S(=O)(=O)c2cc(Br)ccc2C)C1. The maximum absolute atomic E-state index is 12.8. The largest absolute Gasteiger partial charge is 0.469 e. The Bertz CT molecular complexity index is 644. The van der Waals surface area contributed by atoms with Crippen molar-refractivity contribution in [2.24, 2.45) is 5.92 Å². The lowest BCUT2D eigenvalue weighted by atomic mass is 10.0. The predicted octanol–water partition coefficient (Wildman–Crippen LogP) is 2.33. The van der Waals surface area contributed by atoms with E-state index < -0.39 is 10.0 Å². The second-order valence-electron chi connectivity index (χ2n) is 5.14.